The number of rotatable bonds is 17. The highest BCUT2D eigenvalue weighted by molar-refractivity contribution is 7.99. The van der Waals surface area contributed by atoms with Crippen molar-refractivity contribution in [2.45, 2.75) is 45.6 Å². The minimum Gasteiger partial charge on any atom is -0.383 e. The Bertz CT molecular complexity index is 735. The topological polar surface area (TPSA) is 145 Å². The van der Waals surface area contributed by atoms with E-state index in [2.05, 4.69) is 15.2 Å². The first-order chi connectivity index (χ1) is 15.6. The summed E-state index contributed by atoms with van der Waals surface area (Å²) in [5, 5.41) is 15.3. The molecule has 5 N–H and O–H groups in total. The van der Waals surface area contributed by atoms with Crippen LogP contribution in [-0.2, 0) is 25.3 Å². The first-order valence-corrected chi connectivity index (χ1v) is 13.1. The minimum absolute atomic E-state index is 0.0639. The summed E-state index contributed by atoms with van der Waals surface area (Å²) in [6.45, 7) is 3.42. The molecule has 9 nitrogen and oxygen atoms in total. The molecule has 0 aromatic heterocycles. The highest BCUT2D eigenvalue weighted by atomic mass is 32.2. The first kappa shape index (κ1) is 29.5. The van der Waals surface area contributed by atoms with Gasteiger partial charge < -0.3 is 30.1 Å². The zero-order valence-corrected chi connectivity index (χ0v) is 20.9. The van der Waals surface area contributed by atoms with E-state index < -0.39 is 26.0 Å². The third-order valence-electron chi connectivity index (χ3n) is 4.82. The fraction of sp³-hybridized carbons (Fsp3) is 0.591. The van der Waals surface area contributed by atoms with Gasteiger partial charge in [-0.15, -0.1) is 0 Å². The lowest BCUT2D eigenvalue weighted by Gasteiger charge is -2.29. The predicted molar refractivity (Wildman–Crippen MR) is 129 cm³/mol. The maximum atomic E-state index is 12.0. The minimum atomic E-state index is -2.57. The van der Waals surface area contributed by atoms with E-state index in [4.69, 9.17) is 9.79 Å². The van der Waals surface area contributed by atoms with E-state index in [-0.39, 0.29) is 31.3 Å². The van der Waals surface area contributed by atoms with Crippen molar-refractivity contribution < 1.29 is 33.8 Å². The zero-order valence-electron chi connectivity index (χ0n) is 19.2. The Kier molecular flexibility index (Phi) is 14.4. The van der Waals surface area contributed by atoms with Gasteiger partial charge in [0.25, 0.3) is 0 Å². The van der Waals surface area contributed by atoms with E-state index in [1.54, 1.807) is 25.6 Å². The summed E-state index contributed by atoms with van der Waals surface area (Å²) < 4.78 is 4.69. The molecule has 0 radical (unpaired) electrons. The first-order valence-electron chi connectivity index (χ1n) is 10.8. The van der Waals surface area contributed by atoms with Crippen LogP contribution in [0.15, 0.2) is 30.3 Å². The Morgan fingerprint density at radius 3 is 2.39 bits per heavy atom. The van der Waals surface area contributed by atoms with Crippen LogP contribution in [0.2, 0.25) is 0 Å². The summed E-state index contributed by atoms with van der Waals surface area (Å²) >= 11 is 1.60. The van der Waals surface area contributed by atoms with Gasteiger partial charge in [0.1, 0.15) is 11.9 Å². The smallest absolute Gasteiger partial charge is 0.327 e. The van der Waals surface area contributed by atoms with Gasteiger partial charge in [-0.05, 0) is 12.0 Å². The van der Waals surface area contributed by atoms with Gasteiger partial charge in [-0.1, -0.05) is 44.2 Å². The molecule has 0 aliphatic rings. The quantitative estimate of drug-likeness (QED) is 0.159. The lowest BCUT2D eigenvalue weighted by Crippen LogP contribution is -2.46. The van der Waals surface area contributed by atoms with Crippen molar-refractivity contribution in [2.24, 2.45) is 5.41 Å². The maximum Gasteiger partial charge on any atom is 0.327 e. The van der Waals surface area contributed by atoms with Gasteiger partial charge in [-0.2, -0.15) is 11.8 Å². The predicted octanol–water partition coefficient (Wildman–Crippen LogP) is 1.55. The number of carbonyl (C=O) groups excluding carboxylic acids is 3. The molecule has 0 unspecified atom stereocenters. The summed E-state index contributed by atoms with van der Waals surface area (Å²) in [6.07, 6.45) is 0.445. The molecule has 1 atom stereocenters. The van der Waals surface area contributed by atoms with E-state index in [0.29, 0.717) is 30.9 Å². The van der Waals surface area contributed by atoms with Crippen molar-refractivity contribution in [1.82, 2.24) is 10.6 Å². The fourth-order valence-corrected chi connectivity index (χ4v) is 4.02. The Morgan fingerprint density at radius 1 is 1.03 bits per heavy atom. The largest absolute Gasteiger partial charge is 0.383 e. The summed E-state index contributed by atoms with van der Waals surface area (Å²) in [5.74, 6) is 0.750. The van der Waals surface area contributed by atoms with Crippen molar-refractivity contribution in [2.75, 3.05) is 31.2 Å². The molecule has 0 aliphatic heterocycles. The van der Waals surface area contributed by atoms with Gasteiger partial charge in [-0.25, -0.2) is 0 Å². The summed E-state index contributed by atoms with van der Waals surface area (Å²) in [6, 6.07) is 9.91. The number of ketones is 1. The molecule has 0 saturated carbocycles. The Morgan fingerprint density at radius 2 is 1.73 bits per heavy atom. The molecule has 0 fully saturated rings. The molecule has 2 amide bonds. The molecule has 33 heavy (non-hydrogen) atoms. The molecule has 0 spiro atoms. The summed E-state index contributed by atoms with van der Waals surface area (Å²) in [5.41, 5.74) is 0.130. The average Bonchev–Trinajstić information content (AvgIpc) is 2.78. The Balaban J connectivity index is 2.07. The lowest BCUT2D eigenvalue weighted by atomic mass is 9.87. The van der Waals surface area contributed by atoms with E-state index in [9.17, 15) is 19.5 Å². The molecule has 186 valence electrons. The van der Waals surface area contributed by atoms with Crippen LogP contribution in [0.4, 0.5) is 0 Å². The monoisotopic (exact) mass is 502 g/mol. The van der Waals surface area contributed by atoms with Gasteiger partial charge >= 0.3 is 8.60 Å². The zero-order chi connectivity index (χ0) is 24.7. The van der Waals surface area contributed by atoms with Crippen LogP contribution >= 0.6 is 20.4 Å². The average molecular weight is 503 g/mol. The van der Waals surface area contributed by atoms with Gasteiger partial charge in [0.05, 0.1) is 6.61 Å². The number of carbonyl (C=O) groups is 3. The molecule has 0 aliphatic carbocycles. The number of hydrogen-bond donors (Lipinski definition) is 5. The molecular weight excluding hydrogens is 467 g/mol. The number of thioether (sulfide) groups is 1. The molecule has 1 aromatic carbocycles. The third-order valence-corrected chi connectivity index (χ3v) is 6.17. The van der Waals surface area contributed by atoms with Gasteiger partial charge in [0, 0.05) is 49.3 Å². The fourth-order valence-electron chi connectivity index (χ4n) is 2.75. The summed E-state index contributed by atoms with van der Waals surface area (Å²) in [4.78, 5) is 53.4. The Labute approximate surface area is 200 Å². The Hall–Kier alpha value is -1.55. The van der Waals surface area contributed by atoms with Crippen LogP contribution < -0.4 is 10.6 Å². The highest BCUT2D eigenvalue weighted by Crippen LogP contribution is 2.31. The molecule has 0 bridgehead atoms. The highest BCUT2D eigenvalue weighted by Gasteiger charge is 2.34. The van der Waals surface area contributed by atoms with Crippen LogP contribution in [0.3, 0.4) is 0 Å². The van der Waals surface area contributed by atoms with Crippen molar-refractivity contribution in [3.63, 3.8) is 0 Å². The van der Waals surface area contributed by atoms with Crippen molar-refractivity contribution >= 4 is 38.0 Å². The number of aliphatic hydroxyl groups is 1. The number of amides is 2. The molecule has 11 heteroatoms. The molecule has 1 rings (SSSR count). The number of nitrogens with one attached hydrogen (secondary N) is 2. The van der Waals surface area contributed by atoms with E-state index in [1.165, 1.54) is 0 Å². The number of aliphatic hydroxyl groups excluding tert-OH is 1. The maximum absolute atomic E-state index is 12.0. The van der Waals surface area contributed by atoms with Crippen LogP contribution in [0.1, 0.15) is 38.7 Å². The molecule has 0 heterocycles. The number of Topliss-reactive ketones (excluding diaryl/α,β-unsaturated/α-hetero) is 1. The molecular formula is C22H35N2O7PS. The summed E-state index contributed by atoms with van der Waals surface area (Å²) in [7, 11) is -2.57. The SMILES string of the molecule is CC(C)(COP(O)O)[C@H](O)C(=O)NCCC(=O)NCCSCCC(=O)CCc1ccccc1. The van der Waals surface area contributed by atoms with Crippen molar-refractivity contribution in [3.8, 4) is 0 Å². The lowest BCUT2D eigenvalue weighted by molar-refractivity contribution is -0.136. The number of hydrogen-bond acceptors (Lipinski definition) is 8. The van der Waals surface area contributed by atoms with Gasteiger partial charge in [-0.3, -0.25) is 14.4 Å². The van der Waals surface area contributed by atoms with E-state index >= 15 is 0 Å². The number of aryl methyl sites for hydroxylation is 1. The van der Waals surface area contributed by atoms with Crippen LogP contribution in [-0.4, -0.2) is 69.8 Å². The standard InChI is InChI=1S/C22H35N2O7PS/c1-22(2,16-31-32(29)30)20(27)21(28)24-12-10-19(26)23-13-15-33-14-11-18(25)9-8-17-6-4-3-5-7-17/h3-7,20,27,29-30H,8-16H2,1-2H3,(H,23,26)(H,24,28)/t20-/m1/s1. The third kappa shape index (κ3) is 13.7. The second-order valence-corrected chi connectivity index (χ2v) is 10.2. The van der Waals surface area contributed by atoms with Gasteiger partial charge in [0.15, 0.2) is 0 Å². The second-order valence-electron chi connectivity index (χ2n) is 8.19. The number of benzene rings is 1. The van der Waals surface area contributed by atoms with Crippen LogP contribution in [0, 0.1) is 5.41 Å². The van der Waals surface area contributed by atoms with Gasteiger partial charge in [0.2, 0.25) is 11.8 Å². The van der Waals surface area contributed by atoms with Crippen molar-refractivity contribution in [3.05, 3.63) is 35.9 Å². The van der Waals surface area contributed by atoms with Crippen LogP contribution in [0.25, 0.3) is 0 Å². The van der Waals surface area contributed by atoms with Crippen LogP contribution in [0.5, 0.6) is 0 Å². The van der Waals surface area contributed by atoms with Crippen molar-refractivity contribution in [1.29, 1.82) is 0 Å². The molecule has 0 saturated heterocycles. The normalized spacial score (nSPS) is 12.4. The molecule has 1 aromatic rings. The van der Waals surface area contributed by atoms with E-state index in [0.717, 1.165) is 12.0 Å². The van der Waals surface area contributed by atoms with E-state index in [1.807, 2.05) is 30.3 Å². The second kappa shape index (κ2) is 16.1.